The van der Waals surface area contributed by atoms with Crippen LogP contribution in [0.25, 0.3) is 0 Å². The van der Waals surface area contributed by atoms with Gasteiger partial charge in [0, 0.05) is 29.0 Å². The smallest absolute Gasteiger partial charge is 0.276 e. The van der Waals surface area contributed by atoms with Gasteiger partial charge < -0.3 is 15.8 Å². The molecule has 1 aliphatic rings. The maximum Gasteiger partial charge on any atom is 0.276 e. The van der Waals surface area contributed by atoms with E-state index in [2.05, 4.69) is 31.3 Å². The molecule has 2 heterocycles. The molecular formula is C25H27N3O2S. The molecule has 0 bridgehead atoms. The summed E-state index contributed by atoms with van der Waals surface area (Å²) in [6, 6.07) is 14.2. The second kappa shape index (κ2) is 8.19. The van der Waals surface area contributed by atoms with Gasteiger partial charge >= 0.3 is 0 Å². The van der Waals surface area contributed by atoms with Crippen molar-refractivity contribution in [2.75, 3.05) is 18.2 Å². The minimum Gasteiger partial charge on any atom is -0.494 e. The number of aryl methyl sites for hydroxylation is 2. The monoisotopic (exact) mass is 433 g/mol. The van der Waals surface area contributed by atoms with Crippen LogP contribution in [0.2, 0.25) is 0 Å². The molecule has 6 heteroatoms. The first-order valence-electron chi connectivity index (χ1n) is 10.3. The van der Waals surface area contributed by atoms with E-state index in [1.807, 2.05) is 37.3 Å². The highest BCUT2D eigenvalue weighted by molar-refractivity contribution is 7.80. The number of pyridine rings is 1. The summed E-state index contributed by atoms with van der Waals surface area (Å²) >= 11 is 5.69. The van der Waals surface area contributed by atoms with E-state index in [0.717, 1.165) is 11.3 Å². The van der Waals surface area contributed by atoms with E-state index >= 15 is 0 Å². The highest BCUT2D eigenvalue weighted by Crippen LogP contribution is 2.37. The minimum absolute atomic E-state index is 0.210. The Morgan fingerprint density at radius 2 is 1.87 bits per heavy atom. The Hall–Kier alpha value is -3.12. The molecule has 31 heavy (non-hydrogen) atoms. The van der Waals surface area contributed by atoms with Gasteiger partial charge in [-0.3, -0.25) is 9.36 Å². The van der Waals surface area contributed by atoms with Crippen LogP contribution in [0.15, 0.2) is 47.3 Å². The van der Waals surface area contributed by atoms with Crippen molar-refractivity contribution < 1.29 is 4.74 Å². The molecule has 0 aliphatic carbocycles. The Labute approximate surface area is 187 Å². The average molecular weight is 434 g/mol. The van der Waals surface area contributed by atoms with Crippen molar-refractivity contribution >= 4 is 28.5 Å². The van der Waals surface area contributed by atoms with E-state index in [1.54, 1.807) is 11.7 Å². The third-order valence-corrected chi connectivity index (χ3v) is 6.49. The highest BCUT2D eigenvalue weighted by atomic mass is 32.1. The number of fused-ring (bicyclic) bond motifs is 1. The summed E-state index contributed by atoms with van der Waals surface area (Å²) in [5.41, 5.74) is 13.3. The SMILES string of the molecule is COc1c(Cc2cccc(C)c2C)c(N)c(=O)n2c1C(=S)C[C@@H]2Nc1ccc(C)cc1. The molecule has 160 valence electrons. The van der Waals surface area contributed by atoms with Crippen LogP contribution in [-0.2, 0) is 6.42 Å². The van der Waals surface area contributed by atoms with Crippen molar-refractivity contribution in [1.29, 1.82) is 0 Å². The number of methoxy groups -OCH3 is 1. The van der Waals surface area contributed by atoms with Crippen molar-refractivity contribution in [3.8, 4) is 5.75 Å². The number of benzene rings is 2. The summed E-state index contributed by atoms with van der Waals surface area (Å²) in [5, 5.41) is 3.42. The first-order valence-corrected chi connectivity index (χ1v) is 10.7. The zero-order valence-corrected chi connectivity index (χ0v) is 19.1. The van der Waals surface area contributed by atoms with Crippen molar-refractivity contribution in [2.24, 2.45) is 0 Å². The largest absolute Gasteiger partial charge is 0.494 e. The molecular weight excluding hydrogens is 406 g/mol. The zero-order chi connectivity index (χ0) is 22.3. The number of nitrogens with two attached hydrogens (primary N) is 1. The summed E-state index contributed by atoms with van der Waals surface area (Å²) in [6.07, 6.45) is 0.745. The number of hydrogen-bond donors (Lipinski definition) is 2. The van der Waals surface area contributed by atoms with Crippen LogP contribution in [0.5, 0.6) is 5.75 Å². The fraction of sp³-hybridized carbons (Fsp3) is 0.280. The van der Waals surface area contributed by atoms with E-state index in [4.69, 9.17) is 22.7 Å². The van der Waals surface area contributed by atoms with Gasteiger partial charge in [0.2, 0.25) is 0 Å². The third-order valence-electron chi connectivity index (χ3n) is 6.13. The second-order valence-corrected chi connectivity index (χ2v) is 8.63. The maximum atomic E-state index is 13.4. The van der Waals surface area contributed by atoms with Gasteiger partial charge in [-0.1, -0.05) is 48.1 Å². The first-order chi connectivity index (χ1) is 14.8. The van der Waals surface area contributed by atoms with E-state index < -0.39 is 0 Å². The van der Waals surface area contributed by atoms with Crippen LogP contribution in [0.4, 0.5) is 11.4 Å². The van der Waals surface area contributed by atoms with Crippen LogP contribution in [0.3, 0.4) is 0 Å². The molecule has 3 N–H and O–H groups in total. The quantitative estimate of drug-likeness (QED) is 0.572. The molecule has 2 aromatic carbocycles. The van der Waals surface area contributed by atoms with E-state index in [9.17, 15) is 4.79 Å². The Kier molecular flexibility index (Phi) is 5.58. The van der Waals surface area contributed by atoms with Gasteiger partial charge in [0.05, 0.1) is 7.11 Å². The van der Waals surface area contributed by atoms with Gasteiger partial charge in [-0.15, -0.1) is 0 Å². The number of ether oxygens (including phenoxy) is 1. The lowest BCUT2D eigenvalue weighted by atomic mass is 9.96. The number of hydrogen-bond acceptors (Lipinski definition) is 5. The summed E-state index contributed by atoms with van der Waals surface area (Å²) in [4.78, 5) is 14.1. The van der Waals surface area contributed by atoms with Crippen LogP contribution < -0.4 is 21.3 Å². The number of aromatic nitrogens is 1. The van der Waals surface area contributed by atoms with Gasteiger partial charge in [0.1, 0.15) is 23.3 Å². The molecule has 4 rings (SSSR count). The number of anilines is 2. The Morgan fingerprint density at radius 1 is 1.16 bits per heavy atom. The van der Waals surface area contributed by atoms with Gasteiger partial charge in [-0.25, -0.2) is 0 Å². The Balaban J connectivity index is 1.81. The molecule has 0 unspecified atom stereocenters. The third kappa shape index (κ3) is 3.72. The molecule has 1 atom stereocenters. The molecule has 3 aromatic rings. The van der Waals surface area contributed by atoms with Crippen LogP contribution in [-0.4, -0.2) is 16.5 Å². The van der Waals surface area contributed by atoms with Crippen molar-refractivity contribution in [3.63, 3.8) is 0 Å². The molecule has 0 fully saturated rings. The topological polar surface area (TPSA) is 69.3 Å². The summed E-state index contributed by atoms with van der Waals surface area (Å²) < 4.78 is 7.45. The number of nitrogens with one attached hydrogen (secondary N) is 1. The fourth-order valence-corrected chi connectivity index (χ4v) is 4.55. The van der Waals surface area contributed by atoms with Gasteiger partial charge in [-0.05, 0) is 49.6 Å². The lowest BCUT2D eigenvalue weighted by molar-refractivity contribution is 0.403. The molecule has 5 nitrogen and oxygen atoms in total. The number of thiocarbonyl (C=S) groups is 1. The normalized spacial score (nSPS) is 15.1. The van der Waals surface area contributed by atoms with Crippen LogP contribution in [0, 0.1) is 20.8 Å². The lowest BCUT2D eigenvalue weighted by Crippen LogP contribution is -2.31. The van der Waals surface area contributed by atoms with Crippen molar-refractivity contribution in [3.05, 3.63) is 86.3 Å². The summed E-state index contributed by atoms with van der Waals surface area (Å²) in [6.45, 7) is 6.20. The number of nitrogens with zero attached hydrogens (tertiary/aromatic N) is 1. The van der Waals surface area contributed by atoms with Gasteiger partial charge in [-0.2, -0.15) is 0 Å². The zero-order valence-electron chi connectivity index (χ0n) is 18.3. The van der Waals surface area contributed by atoms with Crippen LogP contribution >= 0.6 is 12.2 Å². The fourth-order valence-electron chi connectivity index (χ4n) is 4.20. The maximum absolute atomic E-state index is 13.4. The molecule has 0 radical (unpaired) electrons. The van der Waals surface area contributed by atoms with Gasteiger partial charge in [0.15, 0.2) is 0 Å². The minimum atomic E-state index is -0.302. The molecule has 1 aliphatic heterocycles. The van der Waals surface area contributed by atoms with E-state index in [0.29, 0.717) is 34.7 Å². The summed E-state index contributed by atoms with van der Waals surface area (Å²) in [7, 11) is 1.61. The molecule has 0 saturated carbocycles. The first kappa shape index (κ1) is 21.1. The lowest BCUT2D eigenvalue weighted by Gasteiger charge is -2.21. The second-order valence-electron chi connectivity index (χ2n) is 8.14. The molecule has 0 amide bonds. The highest BCUT2D eigenvalue weighted by Gasteiger charge is 2.34. The number of nitrogen functional groups attached to an aromatic ring is 1. The molecule has 0 spiro atoms. The number of rotatable bonds is 5. The standard InChI is InChI=1S/C25H27N3O2S/c1-14-8-10-18(11-9-14)27-21-13-20(31)23-24(30-4)19(22(26)25(29)28(21)23)12-17-7-5-6-15(2)16(17)3/h5-11,21,27H,12-13,26H2,1-4H3/t21-/m1/s1. The predicted molar refractivity (Wildman–Crippen MR) is 131 cm³/mol. The Morgan fingerprint density at radius 3 is 2.55 bits per heavy atom. The van der Waals surface area contributed by atoms with E-state index in [-0.39, 0.29) is 17.4 Å². The Bertz CT molecular complexity index is 1230. The average Bonchev–Trinajstić information content (AvgIpc) is 3.07. The predicted octanol–water partition coefficient (Wildman–Crippen LogP) is 4.69. The molecule has 0 saturated heterocycles. The van der Waals surface area contributed by atoms with Crippen LogP contribution in [0.1, 0.15) is 46.1 Å². The van der Waals surface area contributed by atoms with Crippen molar-refractivity contribution in [2.45, 2.75) is 39.8 Å². The van der Waals surface area contributed by atoms with Crippen molar-refractivity contribution in [1.82, 2.24) is 4.57 Å². The summed E-state index contributed by atoms with van der Waals surface area (Å²) in [5.74, 6) is 0.594. The molecule has 1 aromatic heterocycles. The van der Waals surface area contributed by atoms with Gasteiger partial charge in [0.25, 0.3) is 5.56 Å². The van der Waals surface area contributed by atoms with E-state index in [1.165, 1.54) is 16.7 Å².